The van der Waals surface area contributed by atoms with Gasteiger partial charge in [-0.25, -0.2) is 5.10 Å². The molecular formula is C20H22N4O2. The first-order chi connectivity index (χ1) is 12.5. The SMILES string of the molecule is Cc1ccc2[nH]c(C3CCN(C(=O)c4ccc(=O)[nH]n4)CC3)c(C)c2c1. The number of fused-ring (bicyclic) bond motifs is 1. The second kappa shape index (κ2) is 6.44. The van der Waals surface area contributed by atoms with E-state index in [-0.39, 0.29) is 11.5 Å². The fourth-order valence-electron chi connectivity index (χ4n) is 3.87. The Hall–Kier alpha value is -2.89. The van der Waals surface area contributed by atoms with Crippen LogP contribution >= 0.6 is 0 Å². The lowest BCUT2D eigenvalue weighted by Gasteiger charge is -2.31. The zero-order valence-electron chi connectivity index (χ0n) is 15.0. The molecule has 1 fully saturated rings. The second-order valence-corrected chi connectivity index (χ2v) is 7.09. The highest BCUT2D eigenvalue weighted by Crippen LogP contribution is 2.34. The second-order valence-electron chi connectivity index (χ2n) is 7.09. The largest absolute Gasteiger partial charge is 0.358 e. The molecule has 1 aromatic carbocycles. The third-order valence-corrected chi connectivity index (χ3v) is 5.34. The van der Waals surface area contributed by atoms with Gasteiger partial charge in [0.2, 0.25) is 0 Å². The molecule has 6 nitrogen and oxygen atoms in total. The van der Waals surface area contributed by atoms with E-state index in [2.05, 4.69) is 47.2 Å². The molecule has 1 aliphatic heterocycles. The van der Waals surface area contributed by atoms with Gasteiger partial charge in [-0.2, -0.15) is 5.10 Å². The van der Waals surface area contributed by atoms with Crippen molar-refractivity contribution in [1.29, 1.82) is 0 Å². The van der Waals surface area contributed by atoms with Gasteiger partial charge in [0.25, 0.3) is 11.5 Å². The molecule has 0 bridgehead atoms. The first kappa shape index (κ1) is 16.6. The van der Waals surface area contributed by atoms with E-state index in [1.807, 2.05) is 4.90 Å². The van der Waals surface area contributed by atoms with E-state index in [9.17, 15) is 9.59 Å². The number of likely N-dealkylation sites (tertiary alicyclic amines) is 1. The number of amides is 1. The number of rotatable bonds is 2. The Labute approximate surface area is 151 Å². The number of H-pyrrole nitrogens is 2. The first-order valence-corrected chi connectivity index (χ1v) is 8.97. The van der Waals surface area contributed by atoms with Gasteiger partial charge < -0.3 is 9.88 Å². The van der Waals surface area contributed by atoms with Crippen LogP contribution < -0.4 is 5.56 Å². The van der Waals surface area contributed by atoms with Gasteiger partial charge in [0.15, 0.2) is 0 Å². The zero-order chi connectivity index (χ0) is 18.3. The van der Waals surface area contributed by atoms with Crippen LogP contribution in [-0.2, 0) is 0 Å². The predicted molar refractivity (Wildman–Crippen MR) is 101 cm³/mol. The highest BCUT2D eigenvalue weighted by molar-refractivity contribution is 5.92. The molecule has 0 unspecified atom stereocenters. The summed E-state index contributed by atoms with van der Waals surface area (Å²) < 4.78 is 0. The first-order valence-electron chi connectivity index (χ1n) is 8.97. The van der Waals surface area contributed by atoms with Gasteiger partial charge in [0.05, 0.1) is 0 Å². The normalized spacial score (nSPS) is 15.5. The smallest absolute Gasteiger partial charge is 0.274 e. The molecule has 3 aromatic rings. The van der Waals surface area contributed by atoms with Crippen LogP contribution in [0.2, 0.25) is 0 Å². The third kappa shape index (κ3) is 2.92. The van der Waals surface area contributed by atoms with Crippen LogP contribution in [0.1, 0.15) is 46.1 Å². The molecule has 1 aliphatic rings. The number of hydrogen-bond donors (Lipinski definition) is 2. The number of aromatic amines is 2. The monoisotopic (exact) mass is 350 g/mol. The molecule has 0 atom stereocenters. The lowest BCUT2D eigenvalue weighted by atomic mass is 9.91. The fraction of sp³-hybridized carbons (Fsp3) is 0.350. The number of hydrogen-bond acceptors (Lipinski definition) is 3. The number of piperidine rings is 1. The van der Waals surface area contributed by atoms with Gasteiger partial charge in [-0.15, -0.1) is 0 Å². The molecular weight excluding hydrogens is 328 g/mol. The van der Waals surface area contributed by atoms with Gasteiger partial charge in [-0.05, 0) is 50.5 Å². The van der Waals surface area contributed by atoms with Crippen molar-refractivity contribution in [1.82, 2.24) is 20.1 Å². The van der Waals surface area contributed by atoms with E-state index >= 15 is 0 Å². The minimum Gasteiger partial charge on any atom is -0.358 e. The Morgan fingerprint density at radius 1 is 1.15 bits per heavy atom. The summed E-state index contributed by atoms with van der Waals surface area (Å²) >= 11 is 0. The molecule has 1 amide bonds. The molecule has 134 valence electrons. The molecule has 26 heavy (non-hydrogen) atoms. The molecule has 0 aliphatic carbocycles. The van der Waals surface area contributed by atoms with Crippen molar-refractivity contribution in [2.24, 2.45) is 0 Å². The number of aryl methyl sites for hydroxylation is 2. The maximum absolute atomic E-state index is 12.5. The summed E-state index contributed by atoms with van der Waals surface area (Å²) in [6.45, 7) is 5.67. The van der Waals surface area contributed by atoms with Crippen molar-refractivity contribution < 1.29 is 4.79 Å². The zero-order valence-corrected chi connectivity index (χ0v) is 15.0. The van der Waals surface area contributed by atoms with Gasteiger partial charge in [-0.3, -0.25) is 9.59 Å². The summed E-state index contributed by atoms with van der Waals surface area (Å²) in [4.78, 5) is 29.0. The number of carbonyl (C=O) groups is 1. The van der Waals surface area contributed by atoms with E-state index in [1.54, 1.807) is 0 Å². The Kier molecular flexibility index (Phi) is 4.11. The summed E-state index contributed by atoms with van der Waals surface area (Å²) in [5, 5.41) is 7.46. The van der Waals surface area contributed by atoms with Crippen molar-refractivity contribution in [3.05, 3.63) is 63.2 Å². The summed E-state index contributed by atoms with van der Waals surface area (Å²) in [6.07, 6.45) is 1.84. The lowest BCUT2D eigenvalue weighted by molar-refractivity contribution is 0.0705. The number of nitrogens with zero attached hydrogens (tertiary/aromatic N) is 2. The molecule has 0 saturated carbocycles. The van der Waals surface area contributed by atoms with Crippen LogP contribution in [0, 0.1) is 13.8 Å². The standard InChI is InChI=1S/C20H22N4O2/c1-12-3-4-16-15(11-12)13(2)19(21-16)14-7-9-24(10-8-14)20(26)17-5-6-18(25)23-22-17/h3-6,11,14,21H,7-10H2,1-2H3,(H,23,25). The Balaban J connectivity index is 1.50. The van der Waals surface area contributed by atoms with Crippen LogP contribution in [-0.4, -0.2) is 39.1 Å². The average Bonchev–Trinajstić information content (AvgIpc) is 2.98. The highest BCUT2D eigenvalue weighted by atomic mass is 16.2. The maximum atomic E-state index is 12.5. The quantitative estimate of drug-likeness (QED) is 0.745. The number of aromatic nitrogens is 3. The van der Waals surface area contributed by atoms with Crippen molar-refractivity contribution in [3.8, 4) is 0 Å². The molecule has 0 radical (unpaired) electrons. The van der Waals surface area contributed by atoms with Crippen LogP contribution in [0.4, 0.5) is 0 Å². The topological polar surface area (TPSA) is 81.9 Å². The van der Waals surface area contributed by atoms with E-state index in [1.165, 1.54) is 39.9 Å². The Morgan fingerprint density at radius 2 is 1.92 bits per heavy atom. The minimum absolute atomic E-state index is 0.122. The summed E-state index contributed by atoms with van der Waals surface area (Å²) in [5.74, 6) is 0.305. The third-order valence-electron chi connectivity index (χ3n) is 5.34. The Morgan fingerprint density at radius 3 is 2.62 bits per heavy atom. The molecule has 0 spiro atoms. The minimum atomic E-state index is -0.301. The molecule has 2 N–H and O–H groups in total. The van der Waals surface area contributed by atoms with Crippen LogP contribution in [0.3, 0.4) is 0 Å². The molecule has 3 heterocycles. The van der Waals surface area contributed by atoms with Crippen LogP contribution in [0.15, 0.2) is 35.1 Å². The maximum Gasteiger partial charge on any atom is 0.274 e. The summed E-state index contributed by atoms with van der Waals surface area (Å²) in [5.41, 5.74) is 5.04. The van der Waals surface area contributed by atoms with E-state index in [4.69, 9.17) is 0 Å². The van der Waals surface area contributed by atoms with Gasteiger partial charge in [-0.1, -0.05) is 11.6 Å². The molecule has 4 rings (SSSR count). The van der Waals surface area contributed by atoms with Gasteiger partial charge in [0.1, 0.15) is 5.69 Å². The number of benzene rings is 1. The highest BCUT2D eigenvalue weighted by Gasteiger charge is 2.27. The van der Waals surface area contributed by atoms with Crippen LogP contribution in [0.5, 0.6) is 0 Å². The number of carbonyl (C=O) groups excluding carboxylic acids is 1. The van der Waals surface area contributed by atoms with Crippen molar-refractivity contribution in [2.75, 3.05) is 13.1 Å². The van der Waals surface area contributed by atoms with E-state index < -0.39 is 0 Å². The van der Waals surface area contributed by atoms with Crippen molar-refractivity contribution in [3.63, 3.8) is 0 Å². The van der Waals surface area contributed by atoms with E-state index in [0.717, 1.165) is 12.8 Å². The summed E-state index contributed by atoms with van der Waals surface area (Å²) in [6, 6.07) is 9.31. The predicted octanol–water partition coefficient (Wildman–Crippen LogP) is 2.89. The van der Waals surface area contributed by atoms with Gasteiger partial charge in [0, 0.05) is 41.7 Å². The fourth-order valence-corrected chi connectivity index (χ4v) is 3.87. The lowest BCUT2D eigenvalue weighted by Crippen LogP contribution is -2.38. The van der Waals surface area contributed by atoms with Crippen molar-refractivity contribution in [2.45, 2.75) is 32.6 Å². The average molecular weight is 350 g/mol. The van der Waals surface area contributed by atoms with Gasteiger partial charge >= 0.3 is 0 Å². The number of nitrogens with one attached hydrogen (secondary N) is 2. The molecule has 1 saturated heterocycles. The van der Waals surface area contributed by atoms with Crippen molar-refractivity contribution >= 4 is 16.8 Å². The van der Waals surface area contributed by atoms with Crippen LogP contribution in [0.25, 0.3) is 10.9 Å². The molecule has 2 aromatic heterocycles. The summed E-state index contributed by atoms with van der Waals surface area (Å²) in [7, 11) is 0. The Bertz CT molecular complexity index is 1010. The van der Waals surface area contributed by atoms with E-state index in [0.29, 0.717) is 24.7 Å². The molecule has 6 heteroatoms.